The molecule has 1 aromatic heterocycles. The van der Waals surface area contributed by atoms with Gasteiger partial charge in [-0.2, -0.15) is 16.8 Å². The zero-order valence-electron chi connectivity index (χ0n) is 17.1. The quantitative estimate of drug-likeness (QED) is 0.442. The Bertz CT molecular complexity index is 1660. The van der Waals surface area contributed by atoms with Crippen LogP contribution in [0.1, 0.15) is 7.77 Å². The first-order valence-corrected chi connectivity index (χ1v) is 12.1. The third-order valence-corrected chi connectivity index (χ3v) is 7.09. The van der Waals surface area contributed by atoms with Crippen molar-refractivity contribution in [1.82, 2.24) is 10.3 Å². The summed E-state index contributed by atoms with van der Waals surface area (Å²) in [5, 5.41) is 3.90. The summed E-state index contributed by atoms with van der Waals surface area (Å²) in [4.78, 5) is 8.27. The van der Waals surface area contributed by atoms with Crippen LogP contribution in [0.5, 0.6) is 0 Å². The second kappa shape index (κ2) is 6.84. The van der Waals surface area contributed by atoms with Crippen LogP contribution in [-0.2, 0) is 20.2 Å². The largest absolute Gasteiger partial charge is 0.360 e. The van der Waals surface area contributed by atoms with Gasteiger partial charge >= 0.3 is 0 Å². The summed E-state index contributed by atoms with van der Waals surface area (Å²) < 4.78 is 77.5. The minimum Gasteiger partial charge on any atom is -0.360 e. The van der Waals surface area contributed by atoms with Gasteiger partial charge < -0.3 is 10.3 Å². The molecule has 0 saturated heterocycles. The third-order valence-electron chi connectivity index (χ3n) is 5.00. The number of fused-ring (bicyclic) bond motifs is 6. The molecular weight excluding hydrogens is 456 g/mol. The number of aromatic amines is 1. The van der Waals surface area contributed by atoms with Gasteiger partial charge in [0.25, 0.3) is 20.2 Å². The van der Waals surface area contributed by atoms with Crippen LogP contribution in [0, 0.1) is 0 Å². The lowest BCUT2D eigenvalue weighted by Gasteiger charge is -2.24. The molecule has 2 unspecified atom stereocenters. The van der Waals surface area contributed by atoms with E-state index in [9.17, 15) is 25.9 Å². The number of hydrogen-bond donors (Lipinski definition) is 4. The summed E-state index contributed by atoms with van der Waals surface area (Å²) in [7, 11) is -10.2. The van der Waals surface area contributed by atoms with Gasteiger partial charge in [0.1, 0.15) is 0 Å². The van der Waals surface area contributed by atoms with Crippen molar-refractivity contribution in [2.45, 2.75) is 11.3 Å². The minimum absolute atomic E-state index is 0.0683. The molecule has 164 valence electrons. The third kappa shape index (κ3) is 3.62. The Labute approximate surface area is 184 Å². The molecule has 5 heterocycles. The zero-order chi connectivity index (χ0) is 23.6. The standard InChI is InChI=1S/C20H16N4O6S2/c25-31(26,27)19-11-20(32(28,29)30)10-17-6-5-15(23-17)8-13-2-1-12(21-13)7-14-3-4-16(22-14)9-18(19)24-20/h1-10,21,24H,11H2,(H,25,26,27)(H,28,29,30)/b12-7-,13-8-,16-9-,17-10-/i11D. The van der Waals surface area contributed by atoms with Crippen LogP contribution < -0.4 is 16.0 Å². The molecule has 0 amide bonds. The maximum Gasteiger partial charge on any atom is 0.293 e. The molecule has 0 radical (unpaired) electrons. The molecule has 0 spiro atoms. The number of nitrogens with one attached hydrogen (secondary N) is 2. The number of hydrogen-bond acceptors (Lipinski definition) is 7. The maximum absolute atomic E-state index is 12.5. The van der Waals surface area contributed by atoms with E-state index in [1.54, 1.807) is 30.4 Å². The fourth-order valence-corrected chi connectivity index (χ4v) is 5.16. The fraction of sp³-hybridized carbons (Fsp3) is 0.100. The number of aromatic nitrogens is 1. The second-order valence-electron chi connectivity index (χ2n) is 7.33. The van der Waals surface area contributed by atoms with Crippen molar-refractivity contribution in [3.63, 3.8) is 0 Å². The van der Waals surface area contributed by atoms with E-state index in [1.807, 2.05) is 12.1 Å². The summed E-state index contributed by atoms with van der Waals surface area (Å²) in [5.74, 6) is 0. The SMILES string of the molecule is [2H]C1C(S(=O)(=O)O)=C2/C=C3/C=CC(=N3)/C=c3/cc/c([nH]3)=C/C3=NC(=C\C1(S(=O)(=O)O)N2)/C=C3. The minimum atomic E-state index is -5.13. The Morgan fingerprint density at radius 2 is 1.50 bits per heavy atom. The molecule has 0 fully saturated rings. The van der Waals surface area contributed by atoms with Crippen molar-refractivity contribution in [2.24, 2.45) is 9.98 Å². The highest BCUT2D eigenvalue weighted by Crippen LogP contribution is 2.38. The molecule has 12 heteroatoms. The number of rotatable bonds is 2. The van der Waals surface area contributed by atoms with Crippen molar-refractivity contribution in [2.75, 3.05) is 0 Å². The van der Waals surface area contributed by atoms with E-state index in [1.165, 1.54) is 12.2 Å². The maximum atomic E-state index is 12.5. The van der Waals surface area contributed by atoms with Crippen LogP contribution in [0.15, 0.2) is 80.6 Å². The van der Waals surface area contributed by atoms with Crippen molar-refractivity contribution in [1.29, 1.82) is 0 Å². The lowest BCUT2D eigenvalue weighted by molar-refractivity contribution is 0.435. The van der Waals surface area contributed by atoms with Gasteiger partial charge in [0.2, 0.25) is 0 Å². The molecule has 8 bridgehead atoms. The Balaban J connectivity index is 1.83. The number of nitrogens with zero attached hydrogens (tertiary/aromatic N) is 2. The first-order valence-electron chi connectivity index (χ1n) is 9.78. The predicted molar refractivity (Wildman–Crippen MR) is 119 cm³/mol. The van der Waals surface area contributed by atoms with Crippen LogP contribution in [0.2, 0.25) is 0 Å². The smallest absolute Gasteiger partial charge is 0.293 e. The van der Waals surface area contributed by atoms with Gasteiger partial charge in [-0.1, -0.05) is 0 Å². The molecular formula is C20H16N4O6S2. The Morgan fingerprint density at radius 1 is 0.906 bits per heavy atom. The van der Waals surface area contributed by atoms with Gasteiger partial charge in [-0.05, 0) is 60.7 Å². The lowest BCUT2D eigenvalue weighted by Crippen LogP contribution is -2.46. The van der Waals surface area contributed by atoms with E-state index in [0.29, 0.717) is 11.4 Å². The van der Waals surface area contributed by atoms with Gasteiger partial charge in [0, 0.05) is 18.5 Å². The Hall–Kier alpha value is -3.32. The van der Waals surface area contributed by atoms with Gasteiger partial charge in [-0.15, -0.1) is 0 Å². The molecule has 0 aliphatic carbocycles. The van der Waals surface area contributed by atoms with Crippen molar-refractivity contribution in [3.05, 3.63) is 81.3 Å². The highest BCUT2D eigenvalue weighted by molar-refractivity contribution is 7.90. The average molecular weight is 474 g/mol. The molecule has 5 rings (SSSR count). The topological polar surface area (TPSA) is 161 Å². The van der Waals surface area contributed by atoms with Crippen molar-refractivity contribution < 1.29 is 27.3 Å². The van der Waals surface area contributed by atoms with Crippen LogP contribution in [0.4, 0.5) is 0 Å². The molecule has 4 aliphatic rings. The van der Waals surface area contributed by atoms with Gasteiger partial charge in [0.05, 0.1) is 33.4 Å². The Kier molecular flexibility index (Phi) is 4.14. The van der Waals surface area contributed by atoms with E-state index < -0.39 is 36.4 Å². The van der Waals surface area contributed by atoms with Crippen LogP contribution in [0.3, 0.4) is 0 Å². The van der Waals surface area contributed by atoms with E-state index >= 15 is 0 Å². The van der Waals surface area contributed by atoms with Crippen molar-refractivity contribution in [3.8, 4) is 0 Å². The summed E-state index contributed by atoms with van der Waals surface area (Å²) in [6.45, 7) is 0. The number of aliphatic imine (C=N–C) groups is 2. The molecule has 4 aliphatic heterocycles. The van der Waals surface area contributed by atoms with E-state index in [0.717, 1.165) is 16.8 Å². The lowest BCUT2D eigenvalue weighted by atomic mass is 10.2. The van der Waals surface area contributed by atoms with E-state index in [2.05, 4.69) is 20.3 Å². The van der Waals surface area contributed by atoms with Gasteiger partial charge in [0.15, 0.2) is 4.87 Å². The average Bonchev–Trinajstić information content (AvgIpc) is 3.45. The molecule has 10 nitrogen and oxygen atoms in total. The molecule has 0 aromatic carbocycles. The Morgan fingerprint density at radius 3 is 2.09 bits per heavy atom. The zero-order valence-corrected chi connectivity index (χ0v) is 17.7. The fourth-order valence-electron chi connectivity index (χ4n) is 3.59. The first-order chi connectivity index (χ1) is 15.4. The van der Waals surface area contributed by atoms with Crippen molar-refractivity contribution >= 4 is 43.8 Å². The van der Waals surface area contributed by atoms with Crippen LogP contribution in [0.25, 0.3) is 12.2 Å². The number of H-pyrrole nitrogens is 1. The van der Waals surface area contributed by atoms with Crippen LogP contribution >= 0.6 is 0 Å². The summed E-state index contributed by atoms with van der Waals surface area (Å²) in [6.07, 6.45) is 9.70. The molecule has 1 aromatic rings. The van der Waals surface area contributed by atoms with Gasteiger partial charge in [-0.25, -0.2) is 9.98 Å². The second-order valence-corrected chi connectivity index (χ2v) is 10.3. The molecule has 4 N–H and O–H groups in total. The summed E-state index contributed by atoms with van der Waals surface area (Å²) >= 11 is 0. The first kappa shape index (κ1) is 19.4. The van der Waals surface area contributed by atoms with E-state index in [-0.39, 0.29) is 17.1 Å². The normalized spacial score (nSPS) is 32.4. The highest BCUT2D eigenvalue weighted by Gasteiger charge is 2.50. The summed E-state index contributed by atoms with van der Waals surface area (Å²) in [6, 6.07) is 3.66. The van der Waals surface area contributed by atoms with Crippen LogP contribution in [-0.4, -0.2) is 47.2 Å². The van der Waals surface area contributed by atoms with E-state index in [4.69, 9.17) is 1.37 Å². The molecule has 32 heavy (non-hydrogen) atoms. The number of allylic oxidation sites excluding steroid dienone is 5. The predicted octanol–water partition coefficient (Wildman–Crippen LogP) is 0.0555. The highest BCUT2D eigenvalue weighted by atomic mass is 32.2. The molecule has 0 saturated carbocycles. The van der Waals surface area contributed by atoms with Gasteiger partial charge in [-0.3, -0.25) is 9.11 Å². The molecule has 2 atom stereocenters. The monoisotopic (exact) mass is 473 g/mol. The summed E-state index contributed by atoms with van der Waals surface area (Å²) in [5.41, 5.74) is 0.900.